The Bertz CT molecular complexity index is 637. The molecule has 1 heterocycles. The number of nitrogens with zero attached hydrogens (tertiary/aromatic N) is 1. The lowest BCUT2D eigenvalue weighted by atomic mass is 10.1. The average molecular weight is 289 g/mol. The molecule has 0 atom stereocenters. The van der Waals surface area contributed by atoms with Gasteiger partial charge < -0.3 is 10.5 Å². The number of aromatic amines is 1. The minimum atomic E-state index is -0.217. The van der Waals surface area contributed by atoms with Crippen LogP contribution in [0.25, 0.3) is 10.9 Å². The van der Waals surface area contributed by atoms with Gasteiger partial charge in [-0.2, -0.15) is 4.98 Å². The molecule has 2 rings (SSSR count). The number of nitrogen functional groups attached to an aromatic ring is 1. The first-order chi connectivity index (χ1) is 10.2. The Balaban J connectivity index is 1.88. The number of hydrogen-bond donors (Lipinski definition) is 2. The molecular formula is C16H23N3O2. The van der Waals surface area contributed by atoms with Crippen LogP contribution < -0.4 is 16.0 Å². The van der Waals surface area contributed by atoms with E-state index in [1.165, 1.54) is 25.7 Å². The van der Waals surface area contributed by atoms with Gasteiger partial charge in [0.05, 0.1) is 17.5 Å². The zero-order valence-electron chi connectivity index (χ0n) is 12.5. The van der Waals surface area contributed by atoms with E-state index in [9.17, 15) is 4.79 Å². The smallest absolute Gasteiger partial charge is 0.297 e. The molecule has 0 aliphatic heterocycles. The van der Waals surface area contributed by atoms with Gasteiger partial charge in [-0.05, 0) is 24.6 Å². The summed E-state index contributed by atoms with van der Waals surface area (Å²) in [5.41, 5.74) is 6.60. The van der Waals surface area contributed by atoms with Gasteiger partial charge >= 0.3 is 0 Å². The van der Waals surface area contributed by atoms with Crippen LogP contribution in [0.5, 0.6) is 6.01 Å². The summed E-state index contributed by atoms with van der Waals surface area (Å²) in [6.45, 7) is 2.79. The van der Waals surface area contributed by atoms with Gasteiger partial charge in [-0.3, -0.25) is 9.78 Å². The number of nitrogens with two attached hydrogens (primary N) is 1. The van der Waals surface area contributed by atoms with E-state index in [-0.39, 0.29) is 11.6 Å². The highest BCUT2D eigenvalue weighted by Gasteiger charge is 2.05. The summed E-state index contributed by atoms with van der Waals surface area (Å²) in [7, 11) is 0. The summed E-state index contributed by atoms with van der Waals surface area (Å²) < 4.78 is 5.53. The van der Waals surface area contributed by atoms with Gasteiger partial charge in [-0.25, -0.2) is 0 Å². The number of nitrogens with one attached hydrogen (secondary N) is 1. The first-order valence-electron chi connectivity index (χ1n) is 7.63. The van der Waals surface area contributed by atoms with Crippen molar-refractivity contribution in [2.24, 2.45) is 0 Å². The van der Waals surface area contributed by atoms with Gasteiger partial charge in [0.15, 0.2) is 0 Å². The van der Waals surface area contributed by atoms with Crippen molar-refractivity contribution >= 4 is 16.6 Å². The summed E-state index contributed by atoms with van der Waals surface area (Å²) in [6, 6.07) is 5.37. The number of unbranched alkanes of at least 4 members (excludes halogenated alkanes) is 5. The minimum Gasteiger partial charge on any atom is -0.465 e. The van der Waals surface area contributed by atoms with Crippen LogP contribution in [0.4, 0.5) is 5.69 Å². The lowest BCUT2D eigenvalue weighted by Gasteiger charge is -2.06. The second-order valence-electron chi connectivity index (χ2n) is 5.26. The van der Waals surface area contributed by atoms with E-state index >= 15 is 0 Å². The number of fused-ring (bicyclic) bond motifs is 1. The number of aromatic nitrogens is 2. The molecule has 5 heteroatoms. The Labute approximate surface area is 124 Å². The van der Waals surface area contributed by atoms with Crippen LogP contribution in [-0.2, 0) is 0 Å². The second kappa shape index (κ2) is 7.67. The van der Waals surface area contributed by atoms with Crippen molar-refractivity contribution in [1.29, 1.82) is 0 Å². The van der Waals surface area contributed by atoms with Crippen LogP contribution in [0.1, 0.15) is 45.4 Å². The maximum atomic E-state index is 11.9. The highest BCUT2D eigenvalue weighted by atomic mass is 16.5. The van der Waals surface area contributed by atoms with E-state index in [4.69, 9.17) is 10.5 Å². The number of rotatable bonds is 8. The molecule has 1 aromatic carbocycles. The Morgan fingerprint density at radius 3 is 2.76 bits per heavy atom. The Morgan fingerprint density at radius 2 is 1.95 bits per heavy atom. The summed E-state index contributed by atoms with van der Waals surface area (Å²) in [6.07, 6.45) is 7.19. The number of hydrogen-bond acceptors (Lipinski definition) is 4. The maximum absolute atomic E-state index is 11.9. The first kappa shape index (κ1) is 15.4. The molecule has 0 fully saturated rings. The van der Waals surface area contributed by atoms with Crippen molar-refractivity contribution in [3.8, 4) is 6.01 Å². The van der Waals surface area contributed by atoms with E-state index in [1.807, 2.05) is 0 Å². The molecule has 0 radical (unpaired) electrons. The summed E-state index contributed by atoms with van der Waals surface area (Å²) in [4.78, 5) is 18.9. The molecule has 21 heavy (non-hydrogen) atoms. The molecule has 1 aromatic heterocycles. The summed E-state index contributed by atoms with van der Waals surface area (Å²) >= 11 is 0. The molecule has 0 spiro atoms. The van der Waals surface area contributed by atoms with Crippen LogP contribution in [0.2, 0.25) is 0 Å². The summed E-state index contributed by atoms with van der Waals surface area (Å²) in [5.74, 6) is 0. The van der Waals surface area contributed by atoms with E-state index in [1.54, 1.807) is 18.2 Å². The highest BCUT2D eigenvalue weighted by Crippen LogP contribution is 2.14. The second-order valence-corrected chi connectivity index (χ2v) is 5.26. The molecule has 0 aliphatic carbocycles. The van der Waals surface area contributed by atoms with Gasteiger partial charge in [0, 0.05) is 5.69 Å². The zero-order chi connectivity index (χ0) is 15.1. The maximum Gasteiger partial charge on any atom is 0.297 e. The molecule has 0 amide bonds. The quantitative estimate of drug-likeness (QED) is 0.577. The van der Waals surface area contributed by atoms with E-state index in [2.05, 4.69) is 16.9 Å². The van der Waals surface area contributed by atoms with E-state index < -0.39 is 0 Å². The predicted octanol–water partition coefficient (Wildman–Crippen LogP) is 3.24. The molecule has 0 bridgehead atoms. The van der Waals surface area contributed by atoms with Crippen molar-refractivity contribution < 1.29 is 4.74 Å². The first-order valence-corrected chi connectivity index (χ1v) is 7.63. The van der Waals surface area contributed by atoms with Gasteiger partial charge in [0.2, 0.25) is 0 Å². The molecule has 3 N–H and O–H groups in total. The van der Waals surface area contributed by atoms with Gasteiger partial charge in [-0.15, -0.1) is 0 Å². The number of H-pyrrole nitrogens is 1. The van der Waals surface area contributed by atoms with Crippen LogP contribution in [0.15, 0.2) is 23.0 Å². The Kier molecular flexibility index (Phi) is 5.60. The molecule has 0 aliphatic rings. The lowest BCUT2D eigenvalue weighted by Crippen LogP contribution is -2.12. The molecule has 0 saturated heterocycles. The third-order valence-corrected chi connectivity index (χ3v) is 3.44. The fourth-order valence-corrected chi connectivity index (χ4v) is 2.25. The van der Waals surface area contributed by atoms with Crippen LogP contribution in [0.3, 0.4) is 0 Å². The van der Waals surface area contributed by atoms with Crippen LogP contribution in [-0.4, -0.2) is 16.6 Å². The van der Waals surface area contributed by atoms with Gasteiger partial charge in [-0.1, -0.05) is 39.0 Å². The molecule has 0 unspecified atom stereocenters. The fourth-order valence-electron chi connectivity index (χ4n) is 2.25. The van der Waals surface area contributed by atoms with Crippen LogP contribution in [0, 0.1) is 0 Å². The normalized spacial score (nSPS) is 10.9. The molecule has 0 saturated carbocycles. The number of benzene rings is 1. The van der Waals surface area contributed by atoms with E-state index in [0.29, 0.717) is 23.2 Å². The Morgan fingerprint density at radius 1 is 1.19 bits per heavy atom. The third kappa shape index (κ3) is 4.48. The standard InChI is InChI=1S/C16H23N3O2/c1-2-3-4-5-6-7-10-21-16-18-14-9-8-12(17)11-13(14)15(20)19-16/h8-9,11H,2-7,10,17H2,1H3,(H,18,19,20). The average Bonchev–Trinajstić information content (AvgIpc) is 2.47. The topological polar surface area (TPSA) is 81.0 Å². The highest BCUT2D eigenvalue weighted by molar-refractivity contribution is 5.81. The van der Waals surface area contributed by atoms with Crippen molar-refractivity contribution in [1.82, 2.24) is 9.97 Å². The van der Waals surface area contributed by atoms with Gasteiger partial charge in [0.1, 0.15) is 0 Å². The lowest BCUT2D eigenvalue weighted by molar-refractivity contribution is 0.281. The van der Waals surface area contributed by atoms with Crippen molar-refractivity contribution in [3.63, 3.8) is 0 Å². The fraction of sp³-hybridized carbons (Fsp3) is 0.500. The van der Waals surface area contributed by atoms with Crippen molar-refractivity contribution in [2.45, 2.75) is 45.4 Å². The number of anilines is 1. The minimum absolute atomic E-state index is 0.217. The molecular weight excluding hydrogens is 266 g/mol. The monoisotopic (exact) mass is 289 g/mol. The molecule has 5 nitrogen and oxygen atoms in total. The number of ether oxygens (including phenoxy) is 1. The SMILES string of the molecule is CCCCCCCCOc1nc2ccc(N)cc2c(=O)[nH]1. The largest absolute Gasteiger partial charge is 0.465 e. The van der Waals surface area contributed by atoms with E-state index in [0.717, 1.165) is 12.8 Å². The molecule has 114 valence electrons. The van der Waals surface area contributed by atoms with Crippen molar-refractivity contribution in [2.75, 3.05) is 12.3 Å². The van der Waals surface area contributed by atoms with Gasteiger partial charge in [0.25, 0.3) is 11.6 Å². The van der Waals surface area contributed by atoms with Crippen LogP contribution >= 0.6 is 0 Å². The third-order valence-electron chi connectivity index (χ3n) is 3.44. The Hall–Kier alpha value is -2.04. The zero-order valence-corrected chi connectivity index (χ0v) is 12.5. The molecule has 2 aromatic rings. The summed E-state index contributed by atoms with van der Waals surface area (Å²) in [5, 5.41) is 0.488. The predicted molar refractivity (Wildman–Crippen MR) is 85.6 cm³/mol. The van der Waals surface area contributed by atoms with Crippen molar-refractivity contribution in [3.05, 3.63) is 28.6 Å².